The van der Waals surface area contributed by atoms with Crippen LogP contribution in [0.4, 0.5) is 0 Å². The van der Waals surface area contributed by atoms with Crippen molar-refractivity contribution in [3.05, 3.63) is 24.2 Å². The van der Waals surface area contributed by atoms with Gasteiger partial charge in [-0.15, -0.1) is 0 Å². The Hall–Kier alpha value is -0.800. The minimum absolute atomic E-state index is 0.181. The molecule has 1 aromatic heterocycles. The highest BCUT2D eigenvalue weighted by atomic mass is 16.7. The number of rotatable bonds is 1. The SMILES string of the molecule is CC1(C)CC(C)(C)OC(c2ccco2)O1. The van der Waals surface area contributed by atoms with Gasteiger partial charge in [0.1, 0.15) is 0 Å². The van der Waals surface area contributed by atoms with E-state index in [4.69, 9.17) is 13.9 Å². The quantitative estimate of drug-likeness (QED) is 0.713. The Labute approximate surface area is 90.4 Å². The van der Waals surface area contributed by atoms with Gasteiger partial charge in [-0.25, -0.2) is 0 Å². The van der Waals surface area contributed by atoms with Crippen molar-refractivity contribution in [3.63, 3.8) is 0 Å². The van der Waals surface area contributed by atoms with Crippen molar-refractivity contribution in [2.24, 2.45) is 0 Å². The van der Waals surface area contributed by atoms with Crippen LogP contribution in [0.15, 0.2) is 22.8 Å². The van der Waals surface area contributed by atoms with Crippen LogP contribution >= 0.6 is 0 Å². The van der Waals surface area contributed by atoms with Gasteiger partial charge in [-0.1, -0.05) is 0 Å². The van der Waals surface area contributed by atoms with E-state index in [-0.39, 0.29) is 11.2 Å². The second-order valence-corrected chi connectivity index (χ2v) is 5.28. The predicted molar refractivity (Wildman–Crippen MR) is 56.4 cm³/mol. The second-order valence-electron chi connectivity index (χ2n) is 5.28. The maximum Gasteiger partial charge on any atom is 0.218 e. The van der Waals surface area contributed by atoms with Crippen molar-refractivity contribution in [1.29, 1.82) is 0 Å². The van der Waals surface area contributed by atoms with Crippen LogP contribution in [0.2, 0.25) is 0 Å². The molecule has 1 aromatic rings. The smallest absolute Gasteiger partial charge is 0.218 e. The first-order chi connectivity index (χ1) is 6.88. The number of hydrogen-bond donors (Lipinski definition) is 0. The van der Waals surface area contributed by atoms with Gasteiger partial charge in [0.25, 0.3) is 0 Å². The number of hydrogen-bond acceptors (Lipinski definition) is 3. The summed E-state index contributed by atoms with van der Waals surface area (Å²) in [5.74, 6) is 0.732. The molecule has 0 N–H and O–H groups in total. The van der Waals surface area contributed by atoms with E-state index in [1.807, 2.05) is 12.1 Å². The maximum atomic E-state index is 5.84. The van der Waals surface area contributed by atoms with Crippen LogP contribution in [-0.2, 0) is 9.47 Å². The normalized spacial score (nSPS) is 25.3. The topological polar surface area (TPSA) is 31.6 Å². The second kappa shape index (κ2) is 3.35. The molecule has 3 heteroatoms. The first-order valence-electron chi connectivity index (χ1n) is 5.27. The molecule has 0 saturated carbocycles. The zero-order chi connectivity index (χ0) is 11.1. The van der Waals surface area contributed by atoms with Gasteiger partial charge in [-0.2, -0.15) is 0 Å². The average molecular weight is 210 g/mol. The molecule has 0 amide bonds. The Morgan fingerprint density at radius 2 is 1.73 bits per heavy atom. The molecule has 0 aromatic carbocycles. The van der Waals surface area contributed by atoms with Crippen molar-refractivity contribution in [3.8, 4) is 0 Å². The van der Waals surface area contributed by atoms with Gasteiger partial charge in [0, 0.05) is 6.42 Å². The molecule has 15 heavy (non-hydrogen) atoms. The van der Waals surface area contributed by atoms with Gasteiger partial charge in [0.2, 0.25) is 6.29 Å². The molecule has 0 spiro atoms. The molecular weight excluding hydrogens is 192 g/mol. The first-order valence-corrected chi connectivity index (χ1v) is 5.27. The molecule has 1 fully saturated rings. The van der Waals surface area contributed by atoms with Crippen LogP contribution in [0, 0.1) is 0 Å². The summed E-state index contributed by atoms with van der Waals surface area (Å²) >= 11 is 0. The molecule has 1 saturated heterocycles. The van der Waals surface area contributed by atoms with Crippen LogP contribution < -0.4 is 0 Å². The lowest BCUT2D eigenvalue weighted by molar-refractivity contribution is -0.309. The van der Waals surface area contributed by atoms with Crippen LogP contribution in [0.5, 0.6) is 0 Å². The minimum atomic E-state index is -0.390. The highest BCUT2D eigenvalue weighted by molar-refractivity contribution is 5.02. The van der Waals surface area contributed by atoms with Gasteiger partial charge in [0.15, 0.2) is 5.76 Å². The van der Waals surface area contributed by atoms with E-state index < -0.39 is 6.29 Å². The lowest BCUT2D eigenvalue weighted by Gasteiger charge is -2.44. The van der Waals surface area contributed by atoms with E-state index in [1.165, 1.54) is 0 Å². The fourth-order valence-corrected chi connectivity index (χ4v) is 2.25. The molecule has 1 aliphatic heterocycles. The highest BCUT2D eigenvalue weighted by Crippen LogP contribution is 2.40. The highest BCUT2D eigenvalue weighted by Gasteiger charge is 2.41. The average Bonchev–Trinajstić information content (AvgIpc) is 2.48. The van der Waals surface area contributed by atoms with Gasteiger partial charge < -0.3 is 13.9 Å². The summed E-state index contributed by atoms with van der Waals surface area (Å²) in [7, 11) is 0. The van der Waals surface area contributed by atoms with Crippen molar-refractivity contribution in [2.45, 2.75) is 51.6 Å². The standard InChI is InChI=1S/C12H18O3/c1-11(2)8-12(3,4)15-10(14-11)9-6-5-7-13-9/h5-7,10H,8H2,1-4H3. The van der Waals surface area contributed by atoms with Crippen molar-refractivity contribution in [1.82, 2.24) is 0 Å². The van der Waals surface area contributed by atoms with E-state index >= 15 is 0 Å². The Kier molecular flexibility index (Phi) is 2.40. The van der Waals surface area contributed by atoms with Crippen LogP contribution in [-0.4, -0.2) is 11.2 Å². The fraction of sp³-hybridized carbons (Fsp3) is 0.667. The monoisotopic (exact) mass is 210 g/mol. The van der Waals surface area contributed by atoms with Gasteiger partial charge in [0.05, 0.1) is 17.5 Å². The van der Waals surface area contributed by atoms with Crippen molar-refractivity contribution in [2.75, 3.05) is 0 Å². The Morgan fingerprint density at radius 3 is 2.20 bits per heavy atom. The maximum absolute atomic E-state index is 5.84. The summed E-state index contributed by atoms with van der Waals surface area (Å²) in [4.78, 5) is 0. The zero-order valence-electron chi connectivity index (χ0n) is 9.74. The van der Waals surface area contributed by atoms with E-state index in [0.717, 1.165) is 12.2 Å². The van der Waals surface area contributed by atoms with E-state index in [0.29, 0.717) is 0 Å². The summed E-state index contributed by atoms with van der Waals surface area (Å²) in [6.07, 6.45) is 2.12. The molecule has 3 nitrogen and oxygen atoms in total. The van der Waals surface area contributed by atoms with Crippen LogP contribution in [0.3, 0.4) is 0 Å². The van der Waals surface area contributed by atoms with Gasteiger partial charge in [-0.05, 0) is 39.8 Å². The first kappa shape index (κ1) is 10.7. The fourth-order valence-electron chi connectivity index (χ4n) is 2.25. The zero-order valence-corrected chi connectivity index (χ0v) is 9.74. The summed E-state index contributed by atoms with van der Waals surface area (Å²) in [6.45, 7) is 8.31. The lowest BCUT2D eigenvalue weighted by atomic mass is 9.90. The molecule has 0 radical (unpaired) electrons. The summed E-state index contributed by atoms with van der Waals surface area (Å²) in [5, 5.41) is 0. The van der Waals surface area contributed by atoms with Crippen molar-refractivity contribution < 1.29 is 13.9 Å². The van der Waals surface area contributed by atoms with Gasteiger partial charge >= 0.3 is 0 Å². The van der Waals surface area contributed by atoms with Crippen LogP contribution in [0.1, 0.15) is 46.2 Å². The predicted octanol–water partition coefficient (Wildman–Crippen LogP) is 3.27. The summed E-state index contributed by atoms with van der Waals surface area (Å²) in [6, 6.07) is 3.72. The molecule has 84 valence electrons. The third kappa shape index (κ3) is 2.41. The number of furan rings is 1. The van der Waals surface area contributed by atoms with E-state index in [9.17, 15) is 0 Å². The Balaban J connectivity index is 2.21. The van der Waals surface area contributed by atoms with E-state index in [2.05, 4.69) is 27.7 Å². The lowest BCUT2D eigenvalue weighted by Crippen LogP contribution is -2.45. The molecule has 0 bridgehead atoms. The Morgan fingerprint density at radius 1 is 1.13 bits per heavy atom. The number of ether oxygens (including phenoxy) is 2. The molecule has 1 aliphatic rings. The molecule has 0 aliphatic carbocycles. The van der Waals surface area contributed by atoms with Gasteiger partial charge in [-0.3, -0.25) is 0 Å². The van der Waals surface area contributed by atoms with Crippen molar-refractivity contribution >= 4 is 0 Å². The molecule has 0 unspecified atom stereocenters. The largest absolute Gasteiger partial charge is 0.464 e. The molecule has 2 rings (SSSR count). The van der Waals surface area contributed by atoms with Crippen LogP contribution in [0.25, 0.3) is 0 Å². The molecule has 2 heterocycles. The third-order valence-corrected chi connectivity index (χ3v) is 2.48. The molecule has 0 atom stereocenters. The summed E-state index contributed by atoms with van der Waals surface area (Å²) in [5.41, 5.74) is -0.363. The molecular formula is C12H18O3. The minimum Gasteiger partial charge on any atom is -0.464 e. The Bertz CT molecular complexity index is 309. The third-order valence-electron chi connectivity index (χ3n) is 2.48. The van der Waals surface area contributed by atoms with E-state index in [1.54, 1.807) is 6.26 Å². The summed E-state index contributed by atoms with van der Waals surface area (Å²) < 4.78 is 17.0.